The van der Waals surface area contributed by atoms with Crippen LogP contribution in [-0.4, -0.2) is 30.4 Å². The minimum absolute atomic E-state index is 0.294. The van der Waals surface area contributed by atoms with Crippen molar-refractivity contribution in [3.05, 3.63) is 50.6 Å². The highest BCUT2D eigenvalue weighted by Crippen LogP contribution is 2.16. The molecule has 9 heteroatoms. The Balaban J connectivity index is 2.14. The molecule has 3 rings (SSSR count). The Hall–Kier alpha value is -1.57. The van der Waals surface area contributed by atoms with Crippen LogP contribution in [0.25, 0.3) is 5.78 Å². The van der Waals surface area contributed by atoms with Gasteiger partial charge in [0.05, 0.1) is 6.54 Å². The van der Waals surface area contributed by atoms with Crippen LogP contribution < -0.4 is 5.56 Å². The maximum absolute atomic E-state index is 11.9. The number of nitrogens with zero attached hydrogens (tertiary/aromatic N) is 5. The van der Waals surface area contributed by atoms with E-state index in [0.717, 1.165) is 5.56 Å². The molecular formula is C12H9Cl2N5OS. The zero-order chi connectivity index (χ0) is 15.0. The predicted octanol–water partition coefficient (Wildman–Crippen LogP) is 2.36. The molecule has 3 aromatic rings. The zero-order valence-electron chi connectivity index (χ0n) is 10.8. The molecule has 0 radical (unpaired) electrons. The molecule has 0 aliphatic carbocycles. The number of hydrogen-bond acceptors (Lipinski definition) is 5. The molecule has 3 aromatic heterocycles. The fourth-order valence-corrected chi connectivity index (χ4v) is 2.54. The van der Waals surface area contributed by atoms with Crippen LogP contribution in [-0.2, 0) is 6.54 Å². The second kappa shape index (κ2) is 5.67. The number of halogens is 2. The number of fused-ring (bicyclic) bond motifs is 1. The number of hydrogen-bond donors (Lipinski definition) is 0. The third-order valence-corrected chi connectivity index (χ3v) is 3.91. The van der Waals surface area contributed by atoms with Gasteiger partial charge < -0.3 is 0 Å². The fourth-order valence-electron chi connectivity index (χ4n) is 1.86. The summed E-state index contributed by atoms with van der Waals surface area (Å²) >= 11 is 13.3. The Morgan fingerprint density at radius 3 is 2.81 bits per heavy atom. The van der Waals surface area contributed by atoms with E-state index in [-0.39, 0.29) is 5.56 Å². The van der Waals surface area contributed by atoms with Gasteiger partial charge in [-0.05, 0) is 17.9 Å². The van der Waals surface area contributed by atoms with Crippen LogP contribution in [0.4, 0.5) is 0 Å². The molecule has 0 aromatic carbocycles. The van der Waals surface area contributed by atoms with E-state index < -0.39 is 0 Å². The predicted molar refractivity (Wildman–Crippen MR) is 82.4 cm³/mol. The van der Waals surface area contributed by atoms with Gasteiger partial charge in [-0.1, -0.05) is 41.0 Å². The molecular weight excluding hydrogens is 333 g/mol. The summed E-state index contributed by atoms with van der Waals surface area (Å²) in [6.07, 6.45) is 3.49. The second-order valence-corrected chi connectivity index (χ2v) is 5.74. The molecule has 0 unspecified atom stereocenters. The molecule has 21 heavy (non-hydrogen) atoms. The van der Waals surface area contributed by atoms with Gasteiger partial charge >= 0.3 is 0 Å². The third kappa shape index (κ3) is 2.76. The van der Waals surface area contributed by atoms with E-state index in [1.165, 1.54) is 22.3 Å². The topological polar surface area (TPSA) is 65.1 Å². The summed E-state index contributed by atoms with van der Waals surface area (Å²) in [7, 11) is 0. The number of aromatic nitrogens is 5. The van der Waals surface area contributed by atoms with Crippen LogP contribution in [0.1, 0.15) is 5.56 Å². The highest BCUT2D eigenvalue weighted by molar-refractivity contribution is 7.98. The van der Waals surface area contributed by atoms with E-state index in [1.54, 1.807) is 16.8 Å². The highest BCUT2D eigenvalue weighted by Gasteiger charge is 2.13. The maximum Gasteiger partial charge on any atom is 0.277 e. The van der Waals surface area contributed by atoms with E-state index in [0.29, 0.717) is 27.8 Å². The Kier molecular flexibility index (Phi) is 3.88. The van der Waals surface area contributed by atoms with E-state index >= 15 is 0 Å². The molecule has 0 aliphatic heterocycles. The summed E-state index contributed by atoms with van der Waals surface area (Å²) < 4.78 is 2.93. The first-order valence-electron chi connectivity index (χ1n) is 5.89. The van der Waals surface area contributed by atoms with Gasteiger partial charge in [-0.3, -0.25) is 9.36 Å². The van der Waals surface area contributed by atoms with Crippen molar-refractivity contribution < 1.29 is 0 Å². The molecule has 6 nitrogen and oxygen atoms in total. The van der Waals surface area contributed by atoms with E-state index in [2.05, 4.69) is 15.1 Å². The lowest BCUT2D eigenvalue weighted by molar-refractivity contribution is 0.753. The Morgan fingerprint density at radius 2 is 2.14 bits per heavy atom. The van der Waals surface area contributed by atoms with Crippen LogP contribution >= 0.6 is 35.0 Å². The Labute approximate surface area is 133 Å². The average Bonchev–Trinajstić information content (AvgIpc) is 2.90. The molecule has 0 saturated heterocycles. The molecule has 0 amide bonds. The molecule has 0 spiro atoms. The standard InChI is InChI=1S/C12H9Cl2N5OS/c1-21-11-16-12-18(6-7-2-3-8(13)15-5-7)9(14)4-10(20)19(12)17-11/h2-5H,6H2,1H3. The van der Waals surface area contributed by atoms with Crippen LogP contribution in [0, 0.1) is 0 Å². The first-order valence-corrected chi connectivity index (χ1v) is 7.87. The lowest BCUT2D eigenvalue weighted by Gasteiger charge is -2.09. The van der Waals surface area contributed by atoms with Gasteiger partial charge in [0, 0.05) is 12.3 Å². The SMILES string of the molecule is CSc1nc2n(Cc3ccc(Cl)nc3)c(Cl)cc(=O)n2n1. The Morgan fingerprint density at radius 1 is 1.33 bits per heavy atom. The van der Waals surface area contributed by atoms with Crippen LogP contribution in [0.15, 0.2) is 34.3 Å². The van der Waals surface area contributed by atoms with Gasteiger partial charge in [0.15, 0.2) is 0 Å². The van der Waals surface area contributed by atoms with E-state index in [4.69, 9.17) is 23.2 Å². The zero-order valence-corrected chi connectivity index (χ0v) is 13.2. The largest absolute Gasteiger partial charge is 0.296 e. The molecule has 0 fully saturated rings. The normalized spacial score (nSPS) is 11.2. The number of rotatable bonds is 3. The summed E-state index contributed by atoms with van der Waals surface area (Å²) in [5.41, 5.74) is 0.578. The molecule has 0 atom stereocenters. The molecule has 0 saturated carbocycles. The van der Waals surface area contributed by atoms with Gasteiger partial charge in [-0.25, -0.2) is 4.98 Å². The quantitative estimate of drug-likeness (QED) is 0.415. The molecule has 0 aliphatic rings. The monoisotopic (exact) mass is 341 g/mol. The molecule has 3 heterocycles. The van der Waals surface area contributed by atoms with Crippen molar-refractivity contribution in [3.8, 4) is 0 Å². The lowest BCUT2D eigenvalue weighted by Crippen LogP contribution is -2.19. The molecule has 108 valence electrons. The van der Waals surface area contributed by atoms with Crippen molar-refractivity contribution in [3.63, 3.8) is 0 Å². The van der Waals surface area contributed by atoms with Crippen LogP contribution in [0.5, 0.6) is 0 Å². The minimum atomic E-state index is -0.312. The minimum Gasteiger partial charge on any atom is -0.296 e. The maximum atomic E-state index is 11.9. The van der Waals surface area contributed by atoms with Gasteiger partial charge in [0.2, 0.25) is 10.9 Å². The molecule has 0 bridgehead atoms. The second-order valence-electron chi connectivity index (χ2n) is 4.19. The van der Waals surface area contributed by atoms with Crippen molar-refractivity contribution in [1.82, 2.24) is 24.1 Å². The van der Waals surface area contributed by atoms with Crippen LogP contribution in [0.3, 0.4) is 0 Å². The Bertz CT molecular complexity index is 858. The lowest BCUT2D eigenvalue weighted by atomic mass is 10.3. The summed E-state index contributed by atoms with van der Waals surface area (Å²) in [4.78, 5) is 20.2. The van der Waals surface area contributed by atoms with Crippen molar-refractivity contribution >= 4 is 40.7 Å². The fraction of sp³-hybridized carbons (Fsp3) is 0.167. The summed E-state index contributed by atoms with van der Waals surface area (Å²) in [6.45, 7) is 0.416. The number of thioether (sulfide) groups is 1. The number of pyridine rings is 1. The van der Waals surface area contributed by atoms with Gasteiger partial charge in [-0.2, -0.15) is 9.50 Å². The van der Waals surface area contributed by atoms with Crippen molar-refractivity contribution in [2.24, 2.45) is 0 Å². The van der Waals surface area contributed by atoms with E-state index in [1.807, 2.05) is 12.3 Å². The summed E-state index contributed by atoms with van der Waals surface area (Å²) in [5, 5.41) is 5.35. The van der Waals surface area contributed by atoms with Crippen LogP contribution in [0.2, 0.25) is 10.3 Å². The summed E-state index contributed by atoms with van der Waals surface area (Å²) in [6, 6.07) is 4.85. The summed E-state index contributed by atoms with van der Waals surface area (Å²) in [5.74, 6) is 0.395. The van der Waals surface area contributed by atoms with Crippen molar-refractivity contribution in [2.75, 3.05) is 6.26 Å². The van der Waals surface area contributed by atoms with Gasteiger partial charge in [-0.15, -0.1) is 5.10 Å². The first kappa shape index (κ1) is 14.4. The highest BCUT2D eigenvalue weighted by atomic mass is 35.5. The first-order chi connectivity index (χ1) is 10.1. The van der Waals surface area contributed by atoms with Gasteiger partial charge in [0.1, 0.15) is 10.3 Å². The van der Waals surface area contributed by atoms with Crippen molar-refractivity contribution in [1.29, 1.82) is 0 Å². The molecule has 0 N–H and O–H groups in total. The third-order valence-electron chi connectivity index (χ3n) is 2.83. The average molecular weight is 342 g/mol. The van der Waals surface area contributed by atoms with E-state index in [9.17, 15) is 4.79 Å². The smallest absolute Gasteiger partial charge is 0.277 e. The van der Waals surface area contributed by atoms with Crippen molar-refractivity contribution in [2.45, 2.75) is 11.7 Å². The van der Waals surface area contributed by atoms with Gasteiger partial charge in [0.25, 0.3) is 5.56 Å².